The predicted molar refractivity (Wildman–Crippen MR) is 53.9 cm³/mol. The Kier molecular flexibility index (Phi) is 2.29. The van der Waals surface area contributed by atoms with Crippen molar-refractivity contribution >= 4 is 0 Å². The molecule has 14 heavy (non-hydrogen) atoms. The first kappa shape index (κ1) is 9.17. The van der Waals surface area contributed by atoms with E-state index >= 15 is 0 Å². The van der Waals surface area contributed by atoms with Crippen molar-refractivity contribution in [2.24, 2.45) is 23.7 Å². The molecule has 3 fully saturated rings. The van der Waals surface area contributed by atoms with Crippen LogP contribution in [0, 0.1) is 23.7 Å². The average molecular weight is 196 g/mol. The van der Waals surface area contributed by atoms with E-state index < -0.39 is 0 Å². The van der Waals surface area contributed by atoms with Crippen molar-refractivity contribution < 1.29 is 9.84 Å². The molecule has 0 aromatic heterocycles. The molecule has 3 atom stereocenters. The van der Waals surface area contributed by atoms with E-state index in [4.69, 9.17) is 4.74 Å². The van der Waals surface area contributed by atoms with Gasteiger partial charge in [0.25, 0.3) is 0 Å². The highest BCUT2D eigenvalue weighted by molar-refractivity contribution is 5.05. The molecule has 2 saturated carbocycles. The molecule has 3 unspecified atom stereocenters. The fourth-order valence-corrected chi connectivity index (χ4v) is 3.76. The van der Waals surface area contributed by atoms with Gasteiger partial charge in [0.15, 0.2) is 0 Å². The van der Waals surface area contributed by atoms with E-state index in [0.29, 0.717) is 11.8 Å². The molecule has 1 N–H and O–H groups in total. The van der Waals surface area contributed by atoms with E-state index in [2.05, 4.69) is 0 Å². The molecule has 1 aliphatic heterocycles. The molecule has 3 rings (SSSR count). The van der Waals surface area contributed by atoms with E-state index in [1.54, 1.807) is 0 Å². The van der Waals surface area contributed by atoms with Gasteiger partial charge in [-0.25, -0.2) is 0 Å². The van der Waals surface area contributed by atoms with Crippen molar-refractivity contribution in [2.75, 3.05) is 13.2 Å². The fourth-order valence-electron chi connectivity index (χ4n) is 3.76. The molecule has 0 amide bonds. The Bertz CT molecular complexity index is 198. The maximum Gasteiger partial charge on any atom is 0.0603 e. The number of aliphatic hydroxyl groups excluding tert-OH is 1. The van der Waals surface area contributed by atoms with Crippen LogP contribution in [0.1, 0.15) is 32.1 Å². The summed E-state index contributed by atoms with van der Waals surface area (Å²) in [5, 5.41) is 10.3. The van der Waals surface area contributed by atoms with Crippen LogP contribution in [0.5, 0.6) is 0 Å². The molecule has 2 heteroatoms. The second kappa shape index (κ2) is 3.49. The molecule has 1 heterocycles. The maximum atomic E-state index is 10.3. The molecule has 80 valence electrons. The number of ether oxygens (including phenoxy) is 1. The van der Waals surface area contributed by atoms with Crippen molar-refractivity contribution in [3.63, 3.8) is 0 Å². The predicted octanol–water partition coefficient (Wildman–Crippen LogP) is 1.82. The number of hydrogen-bond donors (Lipinski definition) is 1. The van der Waals surface area contributed by atoms with Gasteiger partial charge in [0.1, 0.15) is 0 Å². The van der Waals surface area contributed by atoms with Gasteiger partial charge in [0.2, 0.25) is 0 Å². The highest BCUT2D eigenvalue weighted by Gasteiger charge is 2.56. The molecular formula is C12H20O2. The summed E-state index contributed by atoms with van der Waals surface area (Å²) in [5.41, 5.74) is 0. The lowest BCUT2D eigenvalue weighted by Crippen LogP contribution is -2.30. The van der Waals surface area contributed by atoms with E-state index in [0.717, 1.165) is 37.9 Å². The maximum absolute atomic E-state index is 10.3. The van der Waals surface area contributed by atoms with Gasteiger partial charge in [-0.1, -0.05) is 6.42 Å². The Morgan fingerprint density at radius 3 is 2.29 bits per heavy atom. The summed E-state index contributed by atoms with van der Waals surface area (Å²) < 4.78 is 5.33. The first-order valence-electron chi connectivity index (χ1n) is 6.14. The van der Waals surface area contributed by atoms with Crippen LogP contribution in [0.3, 0.4) is 0 Å². The molecule has 0 aromatic rings. The lowest BCUT2D eigenvalue weighted by atomic mass is 9.88. The normalized spacial score (nSPS) is 44.8. The Balaban J connectivity index is 1.57. The van der Waals surface area contributed by atoms with Crippen molar-refractivity contribution in [2.45, 2.75) is 38.2 Å². The first-order valence-corrected chi connectivity index (χ1v) is 6.14. The number of aliphatic hydroxyl groups is 1. The quantitative estimate of drug-likeness (QED) is 0.730. The second-order valence-electron chi connectivity index (χ2n) is 5.28. The summed E-state index contributed by atoms with van der Waals surface area (Å²) in [7, 11) is 0. The van der Waals surface area contributed by atoms with Gasteiger partial charge in [-0.05, 0) is 49.4 Å². The minimum Gasteiger partial charge on any atom is -0.393 e. The van der Waals surface area contributed by atoms with E-state index in [-0.39, 0.29) is 6.10 Å². The van der Waals surface area contributed by atoms with Crippen LogP contribution in [0.2, 0.25) is 0 Å². The molecule has 0 spiro atoms. The topological polar surface area (TPSA) is 29.5 Å². The summed E-state index contributed by atoms with van der Waals surface area (Å²) in [5.74, 6) is 3.01. The summed E-state index contributed by atoms with van der Waals surface area (Å²) in [6, 6.07) is 0. The smallest absolute Gasteiger partial charge is 0.0603 e. The van der Waals surface area contributed by atoms with E-state index in [1.165, 1.54) is 19.3 Å². The zero-order valence-electron chi connectivity index (χ0n) is 8.69. The minimum absolute atomic E-state index is 0.00537. The summed E-state index contributed by atoms with van der Waals surface area (Å²) in [6.45, 7) is 1.73. The van der Waals surface area contributed by atoms with Gasteiger partial charge < -0.3 is 9.84 Å². The molecule has 0 bridgehead atoms. The molecule has 2 aliphatic carbocycles. The van der Waals surface area contributed by atoms with Crippen molar-refractivity contribution in [3.8, 4) is 0 Å². The largest absolute Gasteiger partial charge is 0.393 e. The minimum atomic E-state index is -0.00537. The Morgan fingerprint density at radius 2 is 1.64 bits per heavy atom. The van der Waals surface area contributed by atoms with E-state index in [1.807, 2.05) is 0 Å². The van der Waals surface area contributed by atoms with Gasteiger partial charge >= 0.3 is 0 Å². The van der Waals surface area contributed by atoms with Crippen LogP contribution >= 0.6 is 0 Å². The van der Waals surface area contributed by atoms with Crippen molar-refractivity contribution in [1.82, 2.24) is 0 Å². The average Bonchev–Trinajstić information content (AvgIpc) is 2.72. The van der Waals surface area contributed by atoms with Crippen molar-refractivity contribution in [3.05, 3.63) is 0 Å². The number of hydrogen-bond acceptors (Lipinski definition) is 2. The molecule has 2 nitrogen and oxygen atoms in total. The monoisotopic (exact) mass is 196 g/mol. The van der Waals surface area contributed by atoms with E-state index in [9.17, 15) is 5.11 Å². The Morgan fingerprint density at radius 1 is 1.00 bits per heavy atom. The summed E-state index contributed by atoms with van der Waals surface area (Å²) in [4.78, 5) is 0. The van der Waals surface area contributed by atoms with Crippen LogP contribution in [0.4, 0.5) is 0 Å². The second-order valence-corrected chi connectivity index (χ2v) is 5.28. The number of fused-ring (bicyclic) bond motifs is 1. The SMILES string of the molecule is OC(C1CCOCC1)C1C2CCCC21. The fraction of sp³-hybridized carbons (Fsp3) is 1.00. The Hall–Kier alpha value is -0.0800. The zero-order valence-corrected chi connectivity index (χ0v) is 8.69. The molecule has 0 aromatic carbocycles. The van der Waals surface area contributed by atoms with Gasteiger partial charge in [-0.2, -0.15) is 0 Å². The van der Waals surface area contributed by atoms with Crippen LogP contribution < -0.4 is 0 Å². The lowest BCUT2D eigenvalue weighted by molar-refractivity contribution is -0.00582. The zero-order chi connectivity index (χ0) is 9.54. The van der Waals surface area contributed by atoms with Gasteiger partial charge in [-0.15, -0.1) is 0 Å². The third-order valence-electron chi connectivity index (χ3n) is 4.62. The van der Waals surface area contributed by atoms with Crippen LogP contribution in [0.15, 0.2) is 0 Å². The molecule has 3 aliphatic rings. The first-order chi connectivity index (χ1) is 6.88. The molecular weight excluding hydrogens is 176 g/mol. The highest BCUT2D eigenvalue weighted by atomic mass is 16.5. The third-order valence-corrected chi connectivity index (χ3v) is 4.62. The van der Waals surface area contributed by atoms with Gasteiger partial charge in [-0.3, -0.25) is 0 Å². The summed E-state index contributed by atoms with van der Waals surface area (Å²) >= 11 is 0. The van der Waals surface area contributed by atoms with Crippen molar-refractivity contribution in [1.29, 1.82) is 0 Å². The van der Waals surface area contributed by atoms with Gasteiger partial charge in [0, 0.05) is 13.2 Å². The lowest BCUT2D eigenvalue weighted by Gasteiger charge is -2.27. The standard InChI is InChI=1S/C12H20O2/c13-12(8-4-6-14-7-5-8)11-9-2-1-3-10(9)11/h8-13H,1-7H2. The Labute approximate surface area is 85.6 Å². The molecule has 1 saturated heterocycles. The van der Waals surface area contributed by atoms with Crippen LogP contribution in [0.25, 0.3) is 0 Å². The summed E-state index contributed by atoms with van der Waals surface area (Å²) in [6.07, 6.45) is 6.33. The van der Waals surface area contributed by atoms with Gasteiger partial charge in [0.05, 0.1) is 6.10 Å². The van der Waals surface area contributed by atoms with Crippen LogP contribution in [-0.2, 0) is 4.74 Å². The number of rotatable bonds is 2. The molecule has 0 radical (unpaired) electrons. The van der Waals surface area contributed by atoms with Crippen LogP contribution in [-0.4, -0.2) is 24.4 Å². The highest BCUT2D eigenvalue weighted by Crippen LogP contribution is 2.60. The third kappa shape index (κ3) is 1.40.